The summed E-state index contributed by atoms with van der Waals surface area (Å²) in [6, 6.07) is 7.55. The molecule has 4 rings (SSSR count). The van der Waals surface area contributed by atoms with E-state index in [1.807, 2.05) is 29.2 Å². The van der Waals surface area contributed by atoms with Crippen LogP contribution in [-0.2, 0) is 16.1 Å². The SMILES string of the molecule is O=C1NC[C@@]2(CCCN(C(=O)Cn3nc4ccccc4n3)CC2)O1. The molecule has 2 aliphatic rings. The Labute approximate surface area is 138 Å². The van der Waals surface area contributed by atoms with Gasteiger partial charge in [0.25, 0.3) is 0 Å². The topological polar surface area (TPSA) is 89.4 Å². The molecule has 0 saturated carbocycles. The summed E-state index contributed by atoms with van der Waals surface area (Å²) in [6.45, 7) is 1.90. The van der Waals surface area contributed by atoms with E-state index in [9.17, 15) is 9.59 Å². The predicted octanol–water partition coefficient (Wildman–Crippen LogP) is 0.922. The number of hydrogen-bond acceptors (Lipinski definition) is 5. The van der Waals surface area contributed by atoms with E-state index in [0.29, 0.717) is 26.1 Å². The first-order chi connectivity index (χ1) is 11.6. The summed E-state index contributed by atoms with van der Waals surface area (Å²) in [6.07, 6.45) is 1.89. The zero-order valence-corrected chi connectivity index (χ0v) is 13.3. The summed E-state index contributed by atoms with van der Waals surface area (Å²) in [5.74, 6) is -0.00959. The van der Waals surface area contributed by atoms with Gasteiger partial charge in [-0.2, -0.15) is 15.0 Å². The number of likely N-dealkylation sites (tertiary alicyclic amines) is 1. The predicted molar refractivity (Wildman–Crippen MR) is 85.2 cm³/mol. The molecule has 0 bridgehead atoms. The van der Waals surface area contributed by atoms with Crippen LogP contribution in [0.2, 0.25) is 0 Å². The second-order valence-corrected chi connectivity index (χ2v) is 6.38. The van der Waals surface area contributed by atoms with Crippen LogP contribution in [0.5, 0.6) is 0 Å². The lowest BCUT2D eigenvalue weighted by molar-refractivity contribution is -0.132. The van der Waals surface area contributed by atoms with Crippen molar-refractivity contribution in [2.75, 3.05) is 19.6 Å². The second kappa shape index (κ2) is 5.77. The van der Waals surface area contributed by atoms with Crippen molar-refractivity contribution in [1.29, 1.82) is 0 Å². The van der Waals surface area contributed by atoms with Crippen LogP contribution in [0.4, 0.5) is 4.79 Å². The molecule has 2 amide bonds. The van der Waals surface area contributed by atoms with Gasteiger partial charge in [0, 0.05) is 19.5 Å². The lowest BCUT2D eigenvalue weighted by Crippen LogP contribution is -2.38. The number of hydrogen-bond donors (Lipinski definition) is 1. The number of aromatic nitrogens is 3. The summed E-state index contributed by atoms with van der Waals surface area (Å²) < 4.78 is 5.44. The number of alkyl carbamates (subject to hydrolysis) is 1. The fourth-order valence-corrected chi connectivity index (χ4v) is 3.39. The Balaban J connectivity index is 1.42. The second-order valence-electron chi connectivity index (χ2n) is 6.38. The monoisotopic (exact) mass is 329 g/mol. The summed E-state index contributed by atoms with van der Waals surface area (Å²) in [5.41, 5.74) is 1.11. The highest BCUT2D eigenvalue weighted by atomic mass is 16.6. The number of carbonyl (C=O) groups excluding carboxylic acids is 2. The summed E-state index contributed by atoms with van der Waals surface area (Å²) in [7, 11) is 0. The van der Waals surface area contributed by atoms with E-state index in [0.717, 1.165) is 23.9 Å². The number of benzene rings is 1. The van der Waals surface area contributed by atoms with Crippen molar-refractivity contribution >= 4 is 23.0 Å². The van der Waals surface area contributed by atoms with E-state index in [4.69, 9.17) is 4.74 Å². The average molecular weight is 329 g/mol. The molecule has 1 spiro atoms. The fraction of sp³-hybridized carbons (Fsp3) is 0.500. The van der Waals surface area contributed by atoms with Crippen molar-refractivity contribution in [3.8, 4) is 0 Å². The standard InChI is InChI=1S/C16H19N5O3/c22-14(10-21-18-12-4-1-2-5-13(12)19-21)20-8-3-6-16(7-9-20)11-17-15(23)24-16/h1-2,4-5H,3,6-11H2,(H,17,23)/t16-/m0/s1. The van der Waals surface area contributed by atoms with Crippen molar-refractivity contribution < 1.29 is 14.3 Å². The van der Waals surface area contributed by atoms with Crippen molar-refractivity contribution in [2.24, 2.45) is 0 Å². The molecule has 3 heterocycles. The number of carbonyl (C=O) groups is 2. The third-order valence-corrected chi connectivity index (χ3v) is 4.72. The zero-order chi connectivity index (χ0) is 16.6. The molecule has 0 aliphatic carbocycles. The Kier molecular flexibility index (Phi) is 3.59. The smallest absolute Gasteiger partial charge is 0.407 e. The van der Waals surface area contributed by atoms with Crippen LogP contribution >= 0.6 is 0 Å². The molecule has 8 nitrogen and oxygen atoms in total. The van der Waals surface area contributed by atoms with Gasteiger partial charge in [-0.3, -0.25) is 4.79 Å². The number of nitrogens with one attached hydrogen (secondary N) is 1. The normalized spacial score (nSPS) is 24.0. The van der Waals surface area contributed by atoms with E-state index < -0.39 is 5.60 Å². The zero-order valence-electron chi connectivity index (χ0n) is 13.3. The largest absolute Gasteiger partial charge is 0.441 e. The molecule has 1 aromatic carbocycles. The highest BCUT2D eigenvalue weighted by Crippen LogP contribution is 2.29. The van der Waals surface area contributed by atoms with Gasteiger partial charge in [0.15, 0.2) is 0 Å². The Morgan fingerprint density at radius 2 is 1.96 bits per heavy atom. The third kappa shape index (κ3) is 2.79. The number of nitrogens with zero attached hydrogens (tertiary/aromatic N) is 4. The van der Waals surface area contributed by atoms with Crippen molar-refractivity contribution in [2.45, 2.75) is 31.4 Å². The number of fused-ring (bicyclic) bond motifs is 1. The third-order valence-electron chi connectivity index (χ3n) is 4.72. The first-order valence-electron chi connectivity index (χ1n) is 8.18. The van der Waals surface area contributed by atoms with Crippen molar-refractivity contribution in [3.63, 3.8) is 0 Å². The van der Waals surface area contributed by atoms with Crippen molar-refractivity contribution in [1.82, 2.24) is 25.2 Å². The van der Waals surface area contributed by atoms with Gasteiger partial charge in [0.05, 0.1) is 6.54 Å². The Bertz CT molecular complexity index is 756. The van der Waals surface area contributed by atoms with Gasteiger partial charge in [-0.1, -0.05) is 12.1 Å². The van der Waals surface area contributed by atoms with Gasteiger partial charge in [-0.15, -0.1) is 0 Å². The minimum absolute atomic E-state index is 0.00959. The minimum atomic E-state index is -0.454. The molecule has 2 aliphatic heterocycles. The van der Waals surface area contributed by atoms with E-state index in [1.54, 1.807) is 0 Å². The van der Waals surface area contributed by atoms with Gasteiger partial charge in [-0.05, 0) is 25.0 Å². The van der Waals surface area contributed by atoms with E-state index in [2.05, 4.69) is 15.5 Å². The molecule has 8 heteroatoms. The Morgan fingerprint density at radius 3 is 2.62 bits per heavy atom. The number of amides is 2. The first-order valence-corrected chi connectivity index (χ1v) is 8.18. The minimum Gasteiger partial charge on any atom is -0.441 e. The van der Waals surface area contributed by atoms with E-state index in [1.165, 1.54) is 4.80 Å². The molecule has 1 atom stereocenters. The van der Waals surface area contributed by atoms with E-state index >= 15 is 0 Å². The quantitative estimate of drug-likeness (QED) is 0.885. The maximum Gasteiger partial charge on any atom is 0.407 e. The van der Waals surface area contributed by atoms with E-state index in [-0.39, 0.29) is 18.5 Å². The molecule has 126 valence electrons. The summed E-state index contributed by atoms with van der Waals surface area (Å²) >= 11 is 0. The van der Waals surface area contributed by atoms with Crippen LogP contribution in [0.1, 0.15) is 19.3 Å². The molecule has 2 aromatic rings. The number of rotatable bonds is 2. The maximum absolute atomic E-state index is 12.6. The first kappa shape index (κ1) is 14.9. The van der Waals surface area contributed by atoms with Gasteiger partial charge < -0.3 is 15.0 Å². The Morgan fingerprint density at radius 1 is 1.21 bits per heavy atom. The highest BCUT2D eigenvalue weighted by molar-refractivity contribution is 5.77. The van der Waals surface area contributed by atoms with Gasteiger partial charge in [0.1, 0.15) is 23.2 Å². The molecule has 1 N–H and O–H groups in total. The van der Waals surface area contributed by atoms with Crippen molar-refractivity contribution in [3.05, 3.63) is 24.3 Å². The highest BCUT2D eigenvalue weighted by Gasteiger charge is 2.41. The van der Waals surface area contributed by atoms with Crippen LogP contribution in [0.15, 0.2) is 24.3 Å². The van der Waals surface area contributed by atoms with Gasteiger partial charge in [0.2, 0.25) is 5.91 Å². The lowest BCUT2D eigenvalue weighted by atomic mass is 9.95. The molecule has 1 aromatic heterocycles. The number of ether oxygens (including phenoxy) is 1. The van der Waals surface area contributed by atoms with Gasteiger partial charge >= 0.3 is 6.09 Å². The molecule has 2 saturated heterocycles. The molecule has 0 unspecified atom stereocenters. The van der Waals surface area contributed by atoms with Crippen LogP contribution in [0, 0.1) is 0 Å². The lowest BCUT2D eigenvalue weighted by Gasteiger charge is -2.24. The summed E-state index contributed by atoms with van der Waals surface area (Å²) in [5, 5.41) is 11.4. The van der Waals surface area contributed by atoms with Crippen LogP contribution in [0.25, 0.3) is 11.0 Å². The van der Waals surface area contributed by atoms with Gasteiger partial charge in [-0.25, -0.2) is 4.79 Å². The summed E-state index contributed by atoms with van der Waals surface area (Å²) in [4.78, 5) is 27.2. The molecule has 2 fully saturated rings. The molecule has 0 radical (unpaired) electrons. The average Bonchev–Trinajstić information content (AvgIpc) is 3.06. The molecular formula is C16H19N5O3. The fourth-order valence-electron chi connectivity index (χ4n) is 3.39. The van der Waals surface area contributed by atoms with Crippen LogP contribution in [-0.4, -0.2) is 57.1 Å². The maximum atomic E-state index is 12.6. The van der Waals surface area contributed by atoms with Crippen LogP contribution in [0.3, 0.4) is 0 Å². The molecule has 24 heavy (non-hydrogen) atoms. The Hall–Kier alpha value is -2.64. The molecular weight excluding hydrogens is 310 g/mol. The van der Waals surface area contributed by atoms with Crippen LogP contribution < -0.4 is 5.32 Å².